The molecular formula is C14H18N4O3. The number of nitro groups is 1. The Kier molecular flexibility index (Phi) is 3.78. The van der Waals surface area contributed by atoms with E-state index in [1.165, 1.54) is 29.5 Å². The third-order valence-electron chi connectivity index (χ3n) is 3.63. The third-order valence-corrected chi connectivity index (χ3v) is 3.63. The first-order chi connectivity index (χ1) is 9.74. The Bertz CT molecular complexity index is 634. The lowest BCUT2D eigenvalue weighted by Gasteiger charge is -2.40. The molecule has 0 saturated carbocycles. The number of aliphatic hydroxyl groups is 1. The van der Waals surface area contributed by atoms with Gasteiger partial charge < -0.3 is 5.11 Å². The molecule has 0 aliphatic rings. The maximum atomic E-state index is 11.2. The van der Waals surface area contributed by atoms with Crippen molar-refractivity contribution in [3.05, 3.63) is 52.6 Å². The highest BCUT2D eigenvalue weighted by Gasteiger charge is 2.43. The van der Waals surface area contributed by atoms with Crippen molar-refractivity contribution in [3.63, 3.8) is 0 Å². The minimum Gasteiger partial charge on any atom is -0.383 e. The van der Waals surface area contributed by atoms with Gasteiger partial charge in [-0.25, -0.2) is 9.67 Å². The molecule has 0 bridgehead atoms. The molecule has 0 saturated heterocycles. The van der Waals surface area contributed by atoms with Gasteiger partial charge in [0.05, 0.1) is 11.5 Å². The van der Waals surface area contributed by atoms with E-state index in [1.54, 1.807) is 12.1 Å². The summed E-state index contributed by atoms with van der Waals surface area (Å²) in [7, 11) is 0. The lowest BCUT2D eigenvalue weighted by molar-refractivity contribution is -0.385. The van der Waals surface area contributed by atoms with Gasteiger partial charge in [-0.1, -0.05) is 32.9 Å². The normalized spacial score (nSPS) is 14.7. The highest BCUT2D eigenvalue weighted by Crippen LogP contribution is 2.41. The van der Waals surface area contributed by atoms with Crippen molar-refractivity contribution < 1.29 is 10.0 Å². The molecule has 7 nitrogen and oxygen atoms in total. The Morgan fingerprint density at radius 3 is 2.62 bits per heavy atom. The van der Waals surface area contributed by atoms with Crippen molar-refractivity contribution >= 4 is 5.69 Å². The molecule has 7 heteroatoms. The quantitative estimate of drug-likeness (QED) is 0.687. The van der Waals surface area contributed by atoms with Gasteiger partial charge in [0.15, 0.2) is 0 Å². The molecule has 0 radical (unpaired) electrons. The molecule has 1 unspecified atom stereocenters. The molecule has 0 aliphatic heterocycles. The molecule has 1 N–H and O–H groups in total. The maximum Gasteiger partial charge on any atom is 0.269 e. The zero-order chi connectivity index (χ0) is 15.7. The summed E-state index contributed by atoms with van der Waals surface area (Å²) in [4.78, 5) is 14.3. The second kappa shape index (κ2) is 5.25. The summed E-state index contributed by atoms with van der Waals surface area (Å²) in [6, 6.07) is 6.07. The Balaban J connectivity index is 2.50. The molecule has 0 spiro atoms. The van der Waals surface area contributed by atoms with Gasteiger partial charge >= 0.3 is 0 Å². The lowest BCUT2D eigenvalue weighted by Crippen LogP contribution is -2.44. The van der Waals surface area contributed by atoms with E-state index in [0.29, 0.717) is 5.56 Å². The molecule has 0 aliphatic carbocycles. The van der Waals surface area contributed by atoms with Crippen LogP contribution in [-0.2, 0) is 12.1 Å². The van der Waals surface area contributed by atoms with Crippen molar-refractivity contribution in [3.8, 4) is 0 Å². The van der Waals surface area contributed by atoms with E-state index in [4.69, 9.17) is 0 Å². The number of benzene rings is 1. The van der Waals surface area contributed by atoms with Gasteiger partial charge in [-0.15, -0.1) is 0 Å². The van der Waals surface area contributed by atoms with E-state index in [0.717, 1.165) is 0 Å². The average Bonchev–Trinajstić information content (AvgIpc) is 2.90. The molecule has 1 atom stereocenters. The molecule has 112 valence electrons. The second-order valence-corrected chi connectivity index (χ2v) is 6.01. The summed E-state index contributed by atoms with van der Waals surface area (Å²) in [6.07, 6.45) is 2.89. The second-order valence-electron chi connectivity index (χ2n) is 6.01. The van der Waals surface area contributed by atoms with Crippen molar-refractivity contribution in [1.82, 2.24) is 14.8 Å². The van der Waals surface area contributed by atoms with Crippen LogP contribution in [0, 0.1) is 15.5 Å². The Labute approximate surface area is 122 Å². The fourth-order valence-electron chi connectivity index (χ4n) is 2.19. The zero-order valence-corrected chi connectivity index (χ0v) is 12.2. The first-order valence-corrected chi connectivity index (χ1v) is 6.54. The van der Waals surface area contributed by atoms with Crippen molar-refractivity contribution in [2.24, 2.45) is 5.41 Å². The zero-order valence-electron chi connectivity index (χ0n) is 12.2. The molecule has 2 aromatic rings. The van der Waals surface area contributed by atoms with Gasteiger partial charge in [0.2, 0.25) is 0 Å². The maximum absolute atomic E-state index is 11.2. The topological polar surface area (TPSA) is 94.1 Å². The van der Waals surface area contributed by atoms with Crippen LogP contribution in [0.4, 0.5) is 5.69 Å². The van der Waals surface area contributed by atoms with Crippen LogP contribution in [0.1, 0.15) is 26.3 Å². The van der Waals surface area contributed by atoms with Crippen LogP contribution in [0.5, 0.6) is 0 Å². The van der Waals surface area contributed by atoms with Crippen LogP contribution >= 0.6 is 0 Å². The highest BCUT2D eigenvalue weighted by molar-refractivity contribution is 5.38. The first kappa shape index (κ1) is 15.1. The average molecular weight is 290 g/mol. The van der Waals surface area contributed by atoms with Gasteiger partial charge in [0.1, 0.15) is 18.3 Å². The van der Waals surface area contributed by atoms with Crippen LogP contribution in [0.25, 0.3) is 0 Å². The number of nitrogens with zero attached hydrogens (tertiary/aromatic N) is 4. The molecule has 0 amide bonds. The SMILES string of the molecule is CC(C)(C)C(O)(Cn1cncn1)c1cccc([N+](=O)[O-])c1. The van der Waals surface area contributed by atoms with E-state index >= 15 is 0 Å². The van der Waals surface area contributed by atoms with Gasteiger partial charge in [-0.2, -0.15) is 5.10 Å². The Morgan fingerprint density at radius 2 is 2.10 bits per heavy atom. The van der Waals surface area contributed by atoms with Crippen LogP contribution in [0.2, 0.25) is 0 Å². The van der Waals surface area contributed by atoms with Crippen molar-refractivity contribution in [2.75, 3.05) is 0 Å². The van der Waals surface area contributed by atoms with E-state index < -0.39 is 15.9 Å². The smallest absolute Gasteiger partial charge is 0.269 e. The summed E-state index contributed by atoms with van der Waals surface area (Å²) < 4.78 is 1.52. The van der Waals surface area contributed by atoms with Gasteiger partial charge in [-0.05, 0) is 11.0 Å². The fourth-order valence-corrected chi connectivity index (χ4v) is 2.19. The number of non-ortho nitro benzene ring substituents is 1. The number of hydrogen-bond acceptors (Lipinski definition) is 5. The number of aromatic nitrogens is 3. The summed E-state index contributed by atoms with van der Waals surface area (Å²) in [5.74, 6) is 0. The van der Waals surface area contributed by atoms with E-state index in [2.05, 4.69) is 10.1 Å². The monoisotopic (exact) mass is 290 g/mol. The van der Waals surface area contributed by atoms with Crippen LogP contribution < -0.4 is 0 Å². The highest BCUT2D eigenvalue weighted by atomic mass is 16.6. The molecule has 1 aromatic heterocycles. The van der Waals surface area contributed by atoms with Gasteiger partial charge in [0, 0.05) is 12.1 Å². The van der Waals surface area contributed by atoms with Gasteiger partial charge in [-0.3, -0.25) is 10.1 Å². The van der Waals surface area contributed by atoms with Crippen molar-refractivity contribution in [1.29, 1.82) is 0 Å². The summed E-state index contributed by atoms with van der Waals surface area (Å²) >= 11 is 0. The van der Waals surface area contributed by atoms with E-state index in [1.807, 2.05) is 20.8 Å². The van der Waals surface area contributed by atoms with E-state index in [9.17, 15) is 15.2 Å². The molecule has 2 rings (SSSR count). The Morgan fingerprint density at radius 1 is 1.38 bits per heavy atom. The minimum atomic E-state index is -1.31. The predicted octanol–water partition coefficient (Wildman–Crippen LogP) is 2.12. The fraction of sp³-hybridized carbons (Fsp3) is 0.429. The molecule has 1 heterocycles. The standard InChI is InChI=1S/C14H18N4O3/c1-13(2,3)14(19,8-17-10-15-9-16-17)11-5-4-6-12(7-11)18(20)21/h4-7,9-10,19H,8H2,1-3H3. The Hall–Kier alpha value is -2.28. The number of hydrogen-bond donors (Lipinski definition) is 1. The summed E-state index contributed by atoms with van der Waals surface area (Å²) in [5.41, 5.74) is -1.42. The molecular weight excluding hydrogens is 272 g/mol. The van der Waals surface area contributed by atoms with Crippen LogP contribution in [0.3, 0.4) is 0 Å². The summed E-state index contributed by atoms with van der Waals surface area (Å²) in [6.45, 7) is 5.80. The summed E-state index contributed by atoms with van der Waals surface area (Å²) in [5, 5.41) is 26.1. The van der Waals surface area contributed by atoms with Crippen molar-refractivity contribution in [2.45, 2.75) is 32.9 Å². The largest absolute Gasteiger partial charge is 0.383 e. The number of nitro benzene ring substituents is 1. The first-order valence-electron chi connectivity index (χ1n) is 6.54. The van der Waals surface area contributed by atoms with E-state index in [-0.39, 0.29) is 12.2 Å². The van der Waals surface area contributed by atoms with Crippen LogP contribution in [-0.4, -0.2) is 24.8 Å². The van der Waals surface area contributed by atoms with Gasteiger partial charge in [0.25, 0.3) is 5.69 Å². The molecule has 1 aromatic carbocycles. The number of rotatable bonds is 4. The molecule has 0 fully saturated rings. The third kappa shape index (κ3) is 2.92. The lowest BCUT2D eigenvalue weighted by atomic mass is 9.72. The minimum absolute atomic E-state index is 0.0474. The predicted molar refractivity (Wildman–Crippen MR) is 76.5 cm³/mol. The van der Waals surface area contributed by atoms with Crippen LogP contribution in [0.15, 0.2) is 36.9 Å². The molecule has 21 heavy (non-hydrogen) atoms.